The zero-order valence-corrected chi connectivity index (χ0v) is 22.7. The summed E-state index contributed by atoms with van der Waals surface area (Å²) in [6.07, 6.45) is 3.50. The van der Waals surface area contributed by atoms with Gasteiger partial charge in [-0.25, -0.2) is 4.98 Å². The molecule has 39 heavy (non-hydrogen) atoms. The number of methoxy groups -OCH3 is 1. The minimum Gasteiger partial charge on any atom is -0.506 e. The summed E-state index contributed by atoms with van der Waals surface area (Å²) in [5.74, 6) is -3.11. The third-order valence-electron chi connectivity index (χ3n) is 6.11. The highest BCUT2D eigenvalue weighted by Crippen LogP contribution is 2.22. The van der Waals surface area contributed by atoms with Gasteiger partial charge in [-0.1, -0.05) is 44.2 Å². The molecule has 2 N–H and O–H groups in total. The molecule has 12 nitrogen and oxygen atoms in total. The summed E-state index contributed by atoms with van der Waals surface area (Å²) >= 11 is 0. The summed E-state index contributed by atoms with van der Waals surface area (Å²) in [7, 11) is 3.31. The number of carbonyl (C=O) groups is 4. The van der Waals surface area contributed by atoms with Gasteiger partial charge in [-0.05, 0) is 32.0 Å². The molecule has 3 rings (SSSR count). The van der Waals surface area contributed by atoms with Crippen LogP contribution in [-0.2, 0) is 34.9 Å². The molecule has 1 aromatic carbocycles. The third kappa shape index (κ3) is 8.07. The van der Waals surface area contributed by atoms with Crippen LogP contribution in [0.3, 0.4) is 0 Å². The molecule has 0 aliphatic carbocycles. The summed E-state index contributed by atoms with van der Waals surface area (Å²) in [4.78, 5) is 60.9. The van der Waals surface area contributed by atoms with Crippen LogP contribution >= 0.6 is 0 Å². The molecule has 13 heteroatoms. The van der Waals surface area contributed by atoms with Crippen molar-refractivity contribution in [2.75, 3.05) is 21.2 Å². The van der Waals surface area contributed by atoms with Crippen molar-refractivity contribution in [3.63, 3.8) is 0 Å². The van der Waals surface area contributed by atoms with Crippen LogP contribution in [0.25, 0.3) is 0 Å². The predicted molar refractivity (Wildman–Crippen MR) is 141 cm³/mol. The van der Waals surface area contributed by atoms with E-state index >= 15 is 0 Å². The van der Waals surface area contributed by atoms with E-state index in [9.17, 15) is 19.2 Å². The Morgan fingerprint density at radius 3 is 2.44 bits per heavy atom. The van der Waals surface area contributed by atoms with Gasteiger partial charge in [0.1, 0.15) is 17.8 Å². The molecule has 0 spiro atoms. The molecule has 0 bridgehead atoms. The lowest BCUT2D eigenvalue weighted by molar-refractivity contribution is -0.154. The molecule has 2 amide bonds. The van der Waals surface area contributed by atoms with Gasteiger partial charge >= 0.3 is 19.1 Å². The molecule has 1 aliphatic heterocycles. The Bertz CT molecular complexity index is 1140. The minimum atomic E-state index is -1.24. The second-order valence-electron chi connectivity index (χ2n) is 9.84. The number of esters is 1. The molecule has 2 aromatic rings. The standard InChI is InChI=1S/C26H34BN5O7/c1-16(2)13-20(27-38-22(26(36)39-27)21(32(3)4)25(35)37-5)31-23(33)18(14-17-9-7-6-8-10-17)30-24(34)19-15-28-11-12-29-19/h6-12,15-16,18,20-22H,13-14H2,1-5H3,(H,30,34)(H,31,33)/t18-,20-,21+,22+/m0/s1. The van der Waals surface area contributed by atoms with E-state index in [2.05, 4.69) is 20.6 Å². The van der Waals surface area contributed by atoms with E-state index in [4.69, 9.17) is 14.0 Å². The fraction of sp³-hybridized carbons (Fsp3) is 0.462. The van der Waals surface area contributed by atoms with Crippen molar-refractivity contribution < 1.29 is 33.2 Å². The van der Waals surface area contributed by atoms with Crippen LogP contribution in [0.5, 0.6) is 0 Å². The van der Waals surface area contributed by atoms with Crippen LogP contribution in [0.4, 0.5) is 0 Å². The van der Waals surface area contributed by atoms with Gasteiger partial charge in [0, 0.05) is 18.8 Å². The largest absolute Gasteiger partial charge is 0.552 e. The van der Waals surface area contributed by atoms with Crippen LogP contribution in [-0.4, -0.2) is 91.1 Å². The first-order valence-electron chi connectivity index (χ1n) is 12.6. The third-order valence-corrected chi connectivity index (χ3v) is 6.11. The fourth-order valence-corrected chi connectivity index (χ4v) is 4.25. The molecule has 1 aromatic heterocycles. The lowest BCUT2D eigenvalue weighted by Crippen LogP contribution is -2.56. The van der Waals surface area contributed by atoms with Crippen molar-refractivity contribution in [2.45, 2.75) is 50.8 Å². The number of likely N-dealkylation sites (N-methyl/N-ethyl adjacent to an activating group) is 1. The maximum atomic E-state index is 13.6. The number of benzene rings is 1. The predicted octanol–water partition coefficient (Wildman–Crippen LogP) is 0.421. The van der Waals surface area contributed by atoms with Crippen LogP contribution in [0, 0.1) is 5.92 Å². The highest BCUT2D eigenvalue weighted by molar-refractivity contribution is 6.51. The van der Waals surface area contributed by atoms with E-state index in [1.165, 1.54) is 30.6 Å². The molecule has 0 unspecified atom stereocenters. The van der Waals surface area contributed by atoms with Crippen molar-refractivity contribution in [3.8, 4) is 0 Å². The first-order valence-corrected chi connectivity index (χ1v) is 12.6. The van der Waals surface area contributed by atoms with Gasteiger partial charge in [0.25, 0.3) is 5.91 Å². The van der Waals surface area contributed by atoms with Crippen molar-refractivity contribution >= 4 is 30.9 Å². The number of amides is 2. The Hall–Kier alpha value is -3.84. The molecule has 0 saturated carbocycles. The quantitative estimate of drug-likeness (QED) is 0.287. The van der Waals surface area contributed by atoms with Gasteiger partial charge in [0.05, 0.1) is 19.2 Å². The van der Waals surface area contributed by atoms with Crippen LogP contribution in [0.2, 0.25) is 0 Å². The zero-order valence-electron chi connectivity index (χ0n) is 22.7. The van der Waals surface area contributed by atoms with Gasteiger partial charge in [-0.3, -0.25) is 29.1 Å². The second kappa shape index (κ2) is 13.8. The molecule has 0 radical (unpaired) electrons. The Morgan fingerprint density at radius 2 is 1.85 bits per heavy atom. The van der Waals surface area contributed by atoms with Gasteiger partial charge in [-0.2, -0.15) is 0 Å². The van der Waals surface area contributed by atoms with E-state index in [1.807, 2.05) is 44.2 Å². The highest BCUT2D eigenvalue weighted by Gasteiger charge is 2.51. The fourth-order valence-electron chi connectivity index (χ4n) is 4.25. The smallest absolute Gasteiger partial charge is 0.506 e. The first kappa shape index (κ1) is 29.7. The van der Waals surface area contributed by atoms with Gasteiger partial charge in [-0.15, -0.1) is 0 Å². The molecule has 2 heterocycles. The summed E-state index contributed by atoms with van der Waals surface area (Å²) < 4.78 is 16.2. The Labute approximate surface area is 227 Å². The summed E-state index contributed by atoms with van der Waals surface area (Å²) in [6, 6.07) is 7.22. The number of nitrogens with one attached hydrogen (secondary N) is 2. The number of hydrogen-bond donors (Lipinski definition) is 2. The second-order valence-corrected chi connectivity index (χ2v) is 9.84. The zero-order chi connectivity index (χ0) is 28.5. The first-order chi connectivity index (χ1) is 18.6. The van der Waals surface area contributed by atoms with E-state index in [0.29, 0.717) is 6.42 Å². The molecule has 4 atom stereocenters. The number of aromatic nitrogens is 2. The van der Waals surface area contributed by atoms with Crippen LogP contribution < -0.4 is 10.6 Å². The normalized spacial score (nSPS) is 17.4. The number of rotatable bonds is 12. The molecular formula is C26H34BN5O7. The monoisotopic (exact) mass is 539 g/mol. The van der Waals surface area contributed by atoms with Crippen LogP contribution in [0.1, 0.15) is 36.3 Å². The number of nitrogens with zero attached hydrogens (tertiary/aromatic N) is 3. The average Bonchev–Trinajstić information content (AvgIpc) is 3.29. The van der Waals surface area contributed by atoms with Crippen molar-refractivity contribution in [3.05, 3.63) is 60.2 Å². The molecule has 208 valence electrons. The number of hydrogen-bond acceptors (Lipinski definition) is 10. The van der Waals surface area contributed by atoms with E-state index in [1.54, 1.807) is 14.1 Å². The summed E-state index contributed by atoms with van der Waals surface area (Å²) in [5.41, 5.74) is 0.892. The topological polar surface area (TPSA) is 149 Å². The lowest BCUT2D eigenvalue weighted by Gasteiger charge is -2.26. The molecule has 1 aliphatic rings. The Kier molecular flexibility index (Phi) is 10.5. The minimum absolute atomic E-state index is 0.0653. The molecule has 1 saturated heterocycles. The average molecular weight is 539 g/mol. The maximum Gasteiger partial charge on any atom is 0.552 e. The van der Waals surface area contributed by atoms with E-state index in [-0.39, 0.29) is 18.0 Å². The van der Waals surface area contributed by atoms with Crippen LogP contribution in [0.15, 0.2) is 48.9 Å². The Balaban J connectivity index is 1.81. The number of ether oxygens (including phenoxy) is 1. The van der Waals surface area contributed by atoms with E-state index in [0.717, 1.165) is 5.56 Å². The van der Waals surface area contributed by atoms with Gasteiger partial charge in [0.15, 0.2) is 6.10 Å². The maximum absolute atomic E-state index is 13.6. The summed E-state index contributed by atoms with van der Waals surface area (Å²) in [6.45, 7) is 3.89. The molecule has 1 fully saturated rings. The van der Waals surface area contributed by atoms with Crippen molar-refractivity contribution in [1.29, 1.82) is 0 Å². The van der Waals surface area contributed by atoms with Gasteiger partial charge in [0.2, 0.25) is 5.91 Å². The highest BCUT2D eigenvalue weighted by atomic mass is 16.7. The summed E-state index contributed by atoms with van der Waals surface area (Å²) in [5, 5.41) is 5.63. The van der Waals surface area contributed by atoms with Crippen molar-refractivity contribution in [2.24, 2.45) is 5.92 Å². The number of carbonyl (C=O) groups excluding carboxylic acids is 4. The molecular weight excluding hydrogens is 505 g/mol. The Morgan fingerprint density at radius 1 is 1.13 bits per heavy atom. The van der Waals surface area contributed by atoms with Gasteiger partial charge < -0.3 is 24.7 Å². The SMILES string of the molecule is COC(=O)[C@@H]([C@H]1OB([C@H](CC(C)C)NC(=O)[C@H](Cc2ccccc2)NC(=O)c2cnccn2)OC1=O)N(C)C. The van der Waals surface area contributed by atoms with Crippen molar-refractivity contribution in [1.82, 2.24) is 25.5 Å². The van der Waals surface area contributed by atoms with E-state index < -0.39 is 55.0 Å². The lowest BCUT2D eigenvalue weighted by atomic mass is 9.74.